The number of fused-ring (bicyclic) bond motifs is 1. The van der Waals surface area contributed by atoms with Crippen LogP contribution in [0.25, 0.3) is 0 Å². The fourth-order valence-electron chi connectivity index (χ4n) is 2.51. The zero-order valence-corrected chi connectivity index (χ0v) is 10.9. The lowest BCUT2D eigenvalue weighted by Gasteiger charge is -2.18. The van der Waals surface area contributed by atoms with Crippen LogP contribution in [-0.2, 0) is 6.42 Å². The van der Waals surface area contributed by atoms with E-state index in [2.05, 4.69) is 0 Å². The Bertz CT molecular complexity index is 723. The minimum absolute atomic E-state index is 0.299. The van der Waals surface area contributed by atoms with Gasteiger partial charge in [0.2, 0.25) is 0 Å². The van der Waals surface area contributed by atoms with E-state index >= 15 is 0 Å². The molecule has 1 heterocycles. The SMILES string of the molecule is Nc1ccc2c(c1)CCN2C(=O)c1c(F)cc(F)cc1F. The van der Waals surface area contributed by atoms with Crippen molar-refractivity contribution in [2.75, 3.05) is 17.2 Å². The molecule has 0 spiro atoms. The molecule has 1 aliphatic rings. The zero-order chi connectivity index (χ0) is 15.1. The molecule has 2 N–H and O–H groups in total. The number of anilines is 2. The van der Waals surface area contributed by atoms with Crippen LogP contribution in [0.1, 0.15) is 15.9 Å². The number of nitrogens with zero attached hydrogens (tertiary/aromatic N) is 1. The molecule has 21 heavy (non-hydrogen) atoms. The van der Waals surface area contributed by atoms with Gasteiger partial charge in [-0.2, -0.15) is 0 Å². The van der Waals surface area contributed by atoms with Crippen LogP contribution in [-0.4, -0.2) is 12.5 Å². The van der Waals surface area contributed by atoms with Gasteiger partial charge in [-0.1, -0.05) is 0 Å². The maximum Gasteiger partial charge on any atom is 0.264 e. The number of benzene rings is 2. The van der Waals surface area contributed by atoms with Crippen molar-refractivity contribution >= 4 is 17.3 Å². The first kappa shape index (κ1) is 13.5. The number of hydrogen-bond donors (Lipinski definition) is 1. The standard InChI is InChI=1S/C15H11F3N2O/c16-9-6-11(17)14(12(18)7-9)15(21)20-4-3-8-5-10(19)1-2-13(8)20/h1-2,5-7H,3-4,19H2. The maximum absolute atomic E-state index is 13.7. The molecule has 0 saturated carbocycles. The number of nitrogen functional groups attached to an aromatic ring is 1. The van der Waals surface area contributed by atoms with Crippen LogP contribution in [0.15, 0.2) is 30.3 Å². The molecule has 3 rings (SSSR count). The Morgan fingerprint density at radius 3 is 2.43 bits per heavy atom. The fourth-order valence-corrected chi connectivity index (χ4v) is 2.51. The van der Waals surface area contributed by atoms with Crippen molar-refractivity contribution < 1.29 is 18.0 Å². The average molecular weight is 292 g/mol. The van der Waals surface area contributed by atoms with E-state index in [-0.39, 0.29) is 0 Å². The summed E-state index contributed by atoms with van der Waals surface area (Å²) in [5.74, 6) is -4.30. The minimum Gasteiger partial charge on any atom is -0.399 e. The third kappa shape index (κ3) is 2.22. The molecular weight excluding hydrogens is 281 g/mol. The van der Waals surface area contributed by atoms with E-state index in [1.807, 2.05) is 0 Å². The van der Waals surface area contributed by atoms with Gasteiger partial charge >= 0.3 is 0 Å². The summed E-state index contributed by atoms with van der Waals surface area (Å²) in [7, 11) is 0. The molecule has 0 bridgehead atoms. The second-order valence-electron chi connectivity index (χ2n) is 4.84. The largest absolute Gasteiger partial charge is 0.399 e. The van der Waals surface area contributed by atoms with Gasteiger partial charge in [0.05, 0.1) is 0 Å². The van der Waals surface area contributed by atoms with Gasteiger partial charge in [-0.25, -0.2) is 13.2 Å². The molecule has 1 amide bonds. The number of amides is 1. The van der Waals surface area contributed by atoms with E-state index in [1.165, 1.54) is 4.90 Å². The summed E-state index contributed by atoms with van der Waals surface area (Å²) in [6.45, 7) is 0.299. The molecule has 0 fully saturated rings. The lowest BCUT2D eigenvalue weighted by Crippen LogP contribution is -2.30. The normalized spacial score (nSPS) is 13.4. The van der Waals surface area contributed by atoms with E-state index < -0.39 is 28.9 Å². The minimum atomic E-state index is -1.21. The van der Waals surface area contributed by atoms with E-state index in [0.717, 1.165) is 5.56 Å². The van der Waals surface area contributed by atoms with Gasteiger partial charge in [0.1, 0.15) is 23.0 Å². The molecule has 0 aliphatic carbocycles. The number of rotatable bonds is 1. The Morgan fingerprint density at radius 1 is 1.10 bits per heavy atom. The predicted molar refractivity (Wildman–Crippen MR) is 72.6 cm³/mol. The third-order valence-electron chi connectivity index (χ3n) is 3.46. The summed E-state index contributed by atoms with van der Waals surface area (Å²) in [4.78, 5) is 13.6. The lowest BCUT2D eigenvalue weighted by atomic mass is 10.1. The molecule has 0 unspecified atom stereocenters. The summed E-state index contributed by atoms with van der Waals surface area (Å²) in [5.41, 5.74) is 6.88. The van der Waals surface area contributed by atoms with Crippen molar-refractivity contribution in [3.8, 4) is 0 Å². The van der Waals surface area contributed by atoms with Gasteiger partial charge in [-0.3, -0.25) is 4.79 Å². The number of carbonyl (C=O) groups is 1. The van der Waals surface area contributed by atoms with Crippen LogP contribution < -0.4 is 10.6 Å². The maximum atomic E-state index is 13.7. The van der Waals surface area contributed by atoms with Gasteiger partial charge in [-0.05, 0) is 30.2 Å². The van der Waals surface area contributed by atoms with Gasteiger partial charge < -0.3 is 10.6 Å². The van der Waals surface area contributed by atoms with E-state index in [0.29, 0.717) is 36.5 Å². The van der Waals surface area contributed by atoms with Gasteiger partial charge in [0.25, 0.3) is 5.91 Å². The summed E-state index contributed by atoms with van der Waals surface area (Å²) < 4.78 is 40.3. The number of nitrogens with two attached hydrogens (primary N) is 1. The number of carbonyl (C=O) groups excluding carboxylic acids is 1. The van der Waals surface area contributed by atoms with Crippen LogP contribution in [0.2, 0.25) is 0 Å². The van der Waals surface area contributed by atoms with Crippen LogP contribution in [0.4, 0.5) is 24.5 Å². The van der Waals surface area contributed by atoms with E-state index in [4.69, 9.17) is 5.73 Å². The lowest BCUT2D eigenvalue weighted by molar-refractivity contribution is 0.0981. The van der Waals surface area contributed by atoms with E-state index in [1.54, 1.807) is 18.2 Å². The first-order valence-electron chi connectivity index (χ1n) is 6.32. The molecular formula is C15H11F3N2O. The van der Waals surface area contributed by atoms with Crippen molar-refractivity contribution in [2.24, 2.45) is 0 Å². The molecule has 3 nitrogen and oxygen atoms in total. The Kier molecular flexibility index (Phi) is 3.08. The van der Waals surface area contributed by atoms with Crippen LogP contribution in [0.5, 0.6) is 0 Å². The molecule has 6 heteroatoms. The highest BCUT2D eigenvalue weighted by atomic mass is 19.1. The summed E-state index contributed by atoms with van der Waals surface area (Å²) in [6, 6.07) is 5.96. The Morgan fingerprint density at radius 2 is 1.76 bits per heavy atom. The molecule has 1 aliphatic heterocycles. The number of halogens is 3. The Balaban J connectivity index is 2.03. The zero-order valence-electron chi connectivity index (χ0n) is 10.9. The monoisotopic (exact) mass is 292 g/mol. The molecule has 0 saturated heterocycles. The second-order valence-corrected chi connectivity index (χ2v) is 4.84. The van der Waals surface area contributed by atoms with Crippen molar-refractivity contribution in [3.63, 3.8) is 0 Å². The number of hydrogen-bond acceptors (Lipinski definition) is 2. The van der Waals surface area contributed by atoms with Gasteiger partial charge in [-0.15, -0.1) is 0 Å². The Hall–Kier alpha value is -2.50. The highest BCUT2D eigenvalue weighted by Crippen LogP contribution is 2.31. The van der Waals surface area contributed by atoms with Crippen LogP contribution >= 0.6 is 0 Å². The molecule has 0 radical (unpaired) electrons. The van der Waals surface area contributed by atoms with Crippen LogP contribution in [0.3, 0.4) is 0 Å². The first-order valence-corrected chi connectivity index (χ1v) is 6.32. The molecule has 0 atom stereocenters. The fraction of sp³-hybridized carbons (Fsp3) is 0.133. The van der Waals surface area contributed by atoms with Crippen molar-refractivity contribution in [2.45, 2.75) is 6.42 Å². The third-order valence-corrected chi connectivity index (χ3v) is 3.46. The molecule has 2 aromatic carbocycles. The topological polar surface area (TPSA) is 46.3 Å². The van der Waals surface area contributed by atoms with Gasteiger partial charge in [0.15, 0.2) is 0 Å². The van der Waals surface area contributed by atoms with Gasteiger partial charge in [0, 0.05) is 30.1 Å². The second kappa shape index (κ2) is 4.80. The van der Waals surface area contributed by atoms with Crippen LogP contribution in [0, 0.1) is 17.5 Å². The summed E-state index contributed by atoms with van der Waals surface area (Å²) in [6.07, 6.45) is 0.552. The smallest absolute Gasteiger partial charge is 0.264 e. The molecule has 0 aromatic heterocycles. The summed E-state index contributed by atoms with van der Waals surface area (Å²) >= 11 is 0. The molecule has 2 aromatic rings. The quantitative estimate of drug-likeness (QED) is 0.821. The Labute approximate surface area is 118 Å². The average Bonchev–Trinajstić information content (AvgIpc) is 2.80. The van der Waals surface area contributed by atoms with Crippen molar-refractivity contribution in [1.29, 1.82) is 0 Å². The highest BCUT2D eigenvalue weighted by Gasteiger charge is 2.29. The van der Waals surface area contributed by atoms with Crippen molar-refractivity contribution in [3.05, 3.63) is 58.9 Å². The highest BCUT2D eigenvalue weighted by molar-refractivity contribution is 6.07. The van der Waals surface area contributed by atoms with Crippen molar-refractivity contribution in [1.82, 2.24) is 0 Å². The molecule has 108 valence electrons. The van der Waals surface area contributed by atoms with E-state index in [9.17, 15) is 18.0 Å². The first-order chi connectivity index (χ1) is 9.97. The predicted octanol–water partition coefficient (Wildman–Crippen LogP) is 2.89. The summed E-state index contributed by atoms with van der Waals surface area (Å²) in [5, 5.41) is 0.